The van der Waals surface area contributed by atoms with Crippen molar-refractivity contribution in [2.75, 3.05) is 5.88 Å². The summed E-state index contributed by atoms with van der Waals surface area (Å²) in [4.78, 5) is 0. The van der Waals surface area contributed by atoms with E-state index in [2.05, 4.69) is 39.7 Å². The lowest BCUT2D eigenvalue weighted by molar-refractivity contribution is 0.247. The number of alkyl halides is 1. The third-order valence-corrected chi connectivity index (χ3v) is 5.01. The molecule has 0 amide bonds. The summed E-state index contributed by atoms with van der Waals surface area (Å²) in [5.41, 5.74) is 2.19. The SMILES string of the molecule is CCc1nn(CC)c(CC(C)(CCl)C(C)C)c1Cl. The highest BCUT2D eigenvalue weighted by Gasteiger charge is 2.31. The molecule has 0 aliphatic rings. The summed E-state index contributed by atoms with van der Waals surface area (Å²) in [7, 11) is 0. The zero-order chi connectivity index (χ0) is 13.9. The molecule has 1 atom stereocenters. The van der Waals surface area contributed by atoms with E-state index in [0.717, 1.165) is 35.8 Å². The van der Waals surface area contributed by atoms with Crippen LogP contribution in [0.1, 0.15) is 46.0 Å². The summed E-state index contributed by atoms with van der Waals surface area (Å²) in [6.45, 7) is 11.7. The Morgan fingerprint density at radius 3 is 2.33 bits per heavy atom. The van der Waals surface area contributed by atoms with Gasteiger partial charge in [0.2, 0.25) is 0 Å². The van der Waals surface area contributed by atoms with Crippen LogP contribution in [0.4, 0.5) is 0 Å². The van der Waals surface area contributed by atoms with Crippen molar-refractivity contribution in [2.24, 2.45) is 11.3 Å². The summed E-state index contributed by atoms with van der Waals surface area (Å²) in [6, 6.07) is 0. The van der Waals surface area contributed by atoms with Crippen LogP contribution in [0.15, 0.2) is 0 Å². The fraction of sp³-hybridized carbons (Fsp3) is 0.786. The van der Waals surface area contributed by atoms with E-state index >= 15 is 0 Å². The van der Waals surface area contributed by atoms with Crippen LogP contribution in [0.5, 0.6) is 0 Å². The Morgan fingerprint density at radius 1 is 1.33 bits per heavy atom. The standard InChI is InChI=1S/C14H24Cl2N2/c1-6-11-13(16)12(18(7-2)17-11)8-14(5,9-15)10(3)4/h10H,6-9H2,1-5H3. The van der Waals surface area contributed by atoms with Crippen molar-refractivity contribution in [2.45, 2.75) is 54.0 Å². The molecule has 0 radical (unpaired) electrons. The molecule has 1 unspecified atom stereocenters. The van der Waals surface area contributed by atoms with Crippen molar-refractivity contribution in [1.29, 1.82) is 0 Å². The summed E-state index contributed by atoms with van der Waals surface area (Å²) in [6.07, 6.45) is 1.76. The van der Waals surface area contributed by atoms with Gasteiger partial charge in [-0.1, -0.05) is 39.3 Å². The van der Waals surface area contributed by atoms with E-state index in [9.17, 15) is 0 Å². The van der Waals surface area contributed by atoms with Crippen LogP contribution in [-0.4, -0.2) is 15.7 Å². The minimum Gasteiger partial charge on any atom is -0.268 e. The molecule has 0 bridgehead atoms. The number of nitrogens with zero attached hydrogens (tertiary/aromatic N) is 2. The van der Waals surface area contributed by atoms with Crippen LogP contribution in [-0.2, 0) is 19.4 Å². The number of hydrogen-bond acceptors (Lipinski definition) is 1. The Morgan fingerprint density at radius 2 is 1.94 bits per heavy atom. The first kappa shape index (κ1) is 15.8. The normalized spacial score (nSPS) is 15.1. The first-order chi connectivity index (χ1) is 8.39. The molecule has 1 heterocycles. The number of halogens is 2. The third-order valence-electron chi connectivity index (χ3n) is 3.96. The second kappa shape index (κ2) is 6.29. The van der Waals surface area contributed by atoms with E-state index in [1.165, 1.54) is 0 Å². The average molecular weight is 291 g/mol. The van der Waals surface area contributed by atoms with Crippen LogP contribution < -0.4 is 0 Å². The molecule has 4 heteroatoms. The van der Waals surface area contributed by atoms with Gasteiger partial charge in [0.15, 0.2) is 0 Å². The van der Waals surface area contributed by atoms with Gasteiger partial charge in [-0.05, 0) is 31.1 Å². The van der Waals surface area contributed by atoms with Crippen molar-refractivity contribution < 1.29 is 0 Å². The molecule has 1 rings (SSSR count). The quantitative estimate of drug-likeness (QED) is 0.702. The fourth-order valence-corrected chi connectivity index (χ4v) is 2.71. The van der Waals surface area contributed by atoms with Crippen molar-refractivity contribution in [3.05, 3.63) is 16.4 Å². The smallest absolute Gasteiger partial charge is 0.0850 e. The van der Waals surface area contributed by atoms with Crippen molar-refractivity contribution in [3.8, 4) is 0 Å². The fourth-order valence-electron chi connectivity index (χ4n) is 1.97. The molecule has 0 spiro atoms. The Hall–Kier alpha value is -0.210. The van der Waals surface area contributed by atoms with Gasteiger partial charge in [-0.15, -0.1) is 11.6 Å². The highest BCUT2D eigenvalue weighted by Crippen LogP contribution is 2.35. The molecule has 1 aromatic rings. The largest absolute Gasteiger partial charge is 0.268 e. The number of aromatic nitrogens is 2. The topological polar surface area (TPSA) is 17.8 Å². The van der Waals surface area contributed by atoms with Crippen LogP contribution in [0, 0.1) is 11.3 Å². The van der Waals surface area contributed by atoms with Gasteiger partial charge in [0, 0.05) is 12.4 Å². The molecule has 0 saturated carbocycles. The first-order valence-corrected chi connectivity index (χ1v) is 7.60. The van der Waals surface area contributed by atoms with Crippen molar-refractivity contribution in [3.63, 3.8) is 0 Å². The molecule has 0 aromatic carbocycles. The van der Waals surface area contributed by atoms with Gasteiger partial charge in [0.1, 0.15) is 0 Å². The summed E-state index contributed by atoms with van der Waals surface area (Å²) in [5.74, 6) is 1.15. The maximum atomic E-state index is 6.45. The maximum absolute atomic E-state index is 6.45. The lowest BCUT2D eigenvalue weighted by Crippen LogP contribution is -2.29. The summed E-state index contributed by atoms with van der Waals surface area (Å²) >= 11 is 12.6. The van der Waals surface area contributed by atoms with Gasteiger partial charge < -0.3 is 0 Å². The van der Waals surface area contributed by atoms with Gasteiger partial charge >= 0.3 is 0 Å². The minimum atomic E-state index is 0.0587. The van der Waals surface area contributed by atoms with Crippen molar-refractivity contribution >= 4 is 23.2 Å². The highest BCUT2D eigenvalue weighted by molar-refractivity contribution is 6.31. The zero-order valence-corrected chi connectivity index (χ0v) is 13.6. The predicted molar refractivity (Wildman–Crippen MR) is 79.7 cm³/mol. The summed E-state index contributed by atoms with van der Waals surface area (Å²) < 4.78 is 2.02. The van der Waals surface area contributed by atoms with Gasteiger partial charge in [0.25, 0.3) is 0 Å². The van der Waals surface area contributed by atoms with E-state index < -0.39 is 0 Å². The van der Waals surface area contributed by atoms with Crippen LogP contribution in [0.3, 0.4) is 0 Å². The van der Waals surface area contributed by atoms with E-state index in [4.69, 9.17) is 23.2 Å². The number of hydrogen-bond donors (Lipinski definition) is 0. The summed E-state index contributed by atoms with van der Waals surface area (Å²) in [5, 5.41) is 5.40. The molecule has 0 N–H and O–H groups in total. The third kappa shape index (κ3) is 3.03. The minimum absolute atomic E-state index is 0.0587. The molecule has 0 fully saturated rings. The Labute approximate surface area is 121 Å². The molecule has 2 nitrogen and oxygen atoms in total. The van der Waals surface area contributed by atoms with E-state index in [0.29, 0.717) is 11.8 Å². The van der Waals surface area contributed by atoms with Gasteiger partial charge in [0.05, 0.1) is 16.4 Å². The Bertz CT molecular complexity index is 399. The highest BCUT2D eigenvalue weighted by atomic mass is 35.5. The molecular weight excluding hydrogens is 267 g/mol. The van der Waals surface area contributed by atoms with Gasteiger partial charge in [-0.3, -0.25) is 4.68 Å². The van der Waals surface area contributed by atoms with E-state index in [1.54, 1.807) is 0 Å². The molecule has 0 aliphatic carbocycles. The molecule has 1 aromatic heterocycles. The first-order valence-electron chi connectivity index (χ1n) is 6.69. The molecule has 104 valence electrons. The second-order valence-electron chi connectivity index (χ2n) is 5.50. The molecular formula is C14H24Cl2N2. The van der Waals surface area contributed by atoms with Gasteiger partial charge in [-0.25, -0.2) is 0 Å². The average Bonchev–Trinajstić information content (AvgIpc) is 2.65. The Balaban J connectivity index is 3.13. The van der Waals surface area contributed by atoms with Crippen LogP contribution >= 0.6 is 23.2 Å². The van der Waals surface area contributed by atoms with Crippen LogP contribution in [0.2, 0.25) is 5.02 Å². The molecule has 0 saturated heterocycles. The number of aryl methyl sites for hydroxylation is 2. The lowest BCUT2D eigenvalue weighted by Gasteiger charge is -2.31. The molecule has 18 heavy (non-hydrogen) atoms. The lowest BCUT2D eigenvalue weighted by atomic mass is 9.77. The van der Waals surface area contributed by atoms with Crippen LogP contribution in [0.25, 0.3) is 0 Å². The van der Waals surface area contributed by atoms with E-state index in [-0.39, 0.29) is 5.41 Å². The predicted octanol–water partition coefficient (Wildman–Crippen LogP) is 4.56. The zero-order valence-electron chi connectivity index (χ0n) is 12.1. The second-order valence-corrected chi connectivity index (χ2v) is 6.14. The van der Waals surface area contributed by atoms with Gasteiger partial charge in [-0.2, -0.15) is 5.10 Å². The Kier molecular flexibility index (Phi) is 5.54. The van der Waals surface area contributed by atoms with E-state index in [1.807, 2.05) is 4.68 Å². The van der Waals surface area contributed by atoms with Crippen molar-refractivity contribution in [1.82, 2.24) is 9.78 Å². The number of rotatable bonds is 6. The maximum Gasteiger partial charge on any atom is 0.0850 e. The monoisotopic (exact) mass is 290 g/mol. The molecule has 0 aliphatic heterocycles.